The second-order valence-corrected chi connectivity index (χ2v) is 4.95. The second kappa shape index (κ2) is 7.50. The van der Waals surface area contributed by atoms with Crippen LogP contribution >= 0.6 is 0 Å². The summed E-state index contributed by atoms with van der Waals surface area (Å²) >= 11 is 0. The Bertz CT molecular complexity index is 625. The molecule has 0 aromatic heterocycles. The molecular formula is C18H21NO3. The monoisotopic (exact) mass is 299 g/mol. The van der Waals surface area contributed by atoms with E-state index in [9.17, 15) is 4.79 Å². The Morgan fingerprint density at radius 1 is 1.09 bits per heavy atom. The Labute approximate surface area is 131 Å². The minimum atomic E-state index is -0.0486. The molecule has 0 aliphatic rings. The lowest BCUT2D eigenvalue weighted by Crippen LogP contribution is -2.26. The summed E-state index contributed by atoms with van der Waals surface area (Å²) in [4.78, 5) is 14.2. The molecule has 2 aromatic rings. The van der Waals surface area contributed by atoms with Gasteiger partial charge in [0.15, 0.2) is 11.5 Å². The molecule has 0 atom stereocenters. The normalized spacial score (nSPS) is 10.1. The summed E-state index contributed by atoms with van der Waals surface area (Å²) in [6.45, 7) is 2.99. The first-order valence-electron chi connectivity index (χ1n) is 7.26. The van der Waals surface area contributed by atoms with Gasteiger partial charge in [0.05, 0.1) is 13.7 Å². The zero-order chi connectivity index (χ0) is 15.9. The van der Waals surface area contributed by atoms with E-state index in [1.807, 2.05) is 37.3 Å². The molecule has 0 unspecified atom stereocenters. The number of methoxy groups -OCH3 is 1. The second-order valence-electron chi connectivity index (χ2n) is 4.95. The summed E-state index contributed by atoms with van der Waals surface area (Å²) in [5.41, 5.74) is 1.68. The Morgan fingerprint density at radius 3 is 2.45 bits per heavy atom. The van der Waals surface area contributed by atoms with Crippen LogP contribution in [0.15, 0.2) is 48.5 Å². The number of nitrogens with zero attached hydrogens (tertiary/aromatic N) is 1. The van der Waals surface area contributed by atoms with Crippen molar-refractivity contribution in [3.8, 4) is 11.5 Å². The van der Waals surface area contributed by atoms with Crippen LogP contribution in [0.25, 0.3) is 0 Å². The largest absolute Gasteiger partial charge is 0.493 e. The molecule has 1 amide bonds. The molecule has 4 nitrogen and oxygen atoms in total. The number of rotatable bonds is 6. The molecular weight excluding hydrogens is 278 g/mol. The van der Waals surface area contributed by atoms with Crippen LogP contribution in [0.1, 0.15) is 22.8 Å². The first-order chi connectivity index (χ1) is 10.7. The predicted octanol–water partition coefficient (Wildman–Crippen LogP) is 3.37. The van der Waals surface area contributed by atoms with Gasteiger partial charge in [0.25, 0.3) is 5.91 Å². The van der Waals surface area contributed by atoms with Gasteiger partial charge in [0, 0.05) is 19.2 Å². The molecule has 22 heavy (non-hydrogen) atoms. The maximum atomic E-state index is 12.5. The van der Waals surface area contributed by atoms with Crippen molar-refractivity contribution in [1.29, 1.82) is 0 Å². The average molecular weight is 299 g/mol. The van der Waals surface area contributed by atoms with Crippen LogP contribution in [0.5, 0.6) is 11.5 Å². The predicted molar refractivity (Wildman–Crippen MR) is 86.4 cm³/mol. The third-order valence-corrected chi connectivity index (χ3v) is 3.32. The van der Waals surface area contributed by atoms with Crippen molar-refractivity contribution in [3.63, 3.8) is 0 Å². The number of benzene rings is 2. The molecule has 0 N–H and O–H groups in total. The number of hydrogen-bond acceptors (Lipinski definition) is 3. The van der Waals surface area contributed by atoms with Crippen molar-refractivity contribution in [2.45, 2.75) is 13.5 Å². The van der Waals surface area contributed by atoms with Crippen molar-refractivity contribution in [1.82, 2.24) is 4.90 Å². The molecule has 0 spiro atoms. The lowest BCUT2D eigenvalue weighted by molar-refractivity contribution is 0.0784. The van der Waals surface area contributed by atoms with Crippen LogP contribution in [-0.2, 0) is 6.54 Å². The molecule has 0 radical (unpaired) electrons. The molecule has 0 aliphatic carbocycles. The number of carbonyl (C=O) groups excluding carboxylic acids is 1. The van der Waals surface area contributed by atoms with E-state index in [0.717, 1.165) is 5.56 Å². The van der Waals surface area contributed by atoms with Gasteiger partial charge in [0.1, 0.15) is 0 Å². The highest BCUT2D eigenvalue weighted by atomic mass is 16.5. The maximum absolute atomic E-state index is 12.5. The van der Waals surface area contributed by atoms with Gasteiger partial charge in [-0.25, -0.2) is 0 Å². The summed E-state index contributed by atoms with van der Waals surface area (Å²) in [5, 5.41) is 0. The first kappa shape index (κ1) is 15.9. The Balaban J connectivity index is 2.16. The molecule has 0 heterocycles. The van der Waals surface area contributed by atoms with Crippen LogP contribution in [0.4, 0.5) is 0 Å². The Kier molecular flexibility index (Phi) is 5.42. The molecule has 4 heteroatoms. The van der Waals surface area contributed by atoms with Gasteiger partial charge in [-0.3, -0.25) is 4.79 Å². The van der Waals surface area contributed by atoms with Crippen molar-refractivity contribution < 1.29 is 14.3 Å². The molecule has 0 aliphatic heterocycles. The smallest absolute Gasteiger partial charge is 0.254 e. The minimum Gasteiger partial charge on any atom is -0.493 e. The van der Waals surface area contributed by atoms with Crippen LogP contribution < -0.4 is 9.47 Å². The van der Waals surface area contributed by atoms with E-state index in [4.69, 9.17) is 9.47 Å². The fraction of sp³-hybridized carbons (Fsp3) is 0.278. The van der Waals surface area contributed by atoms with Gasteiger partial charge in [0.2, 0.25) is 0 Å². The van der Waals surface area contributed by atoms with Gasteiger partial charge in [-0.1, -0.05) is 30.3 Å². The molecule has 0 fully saturated rings. The maximum Gasteiger partial charge on any atom is 0.254 e. The van der Waals surface area contributed by atoms with Crippen molar-refractivity contribution in [2.24, 2.45) is 0 Å². The minimum absolute atomic E-state index is 0.0486. The van der Waals surface area contributed by atoms with E-state index >= 15 is 0 Å². The third kappa shape index (κ3) is 3.79. The van der Waals surface area contributed by atoms with Gasteiger partial charge in [-0.05, 0) is 30.7 Å². The number of ether oxygens (including phenoxy) is 2. The molecule has 116 valence electrons. The van der Waals surface area contributed by atoms with E-state index in [2.05, 4.69) is 0 Å². The zero-order valence-electron chi connectivity index (χ0n) is 13.2. The van der Waals surface area contributed by atoms with E-state index in [-0.39, 0.29) is 5.91 Å². The van der Waals surface area contributed by atoms with Crippen molar-refractivity contribution in [2.75, 3.05) is 20.8 Å². The number of hydrogen-bond donors (Lipinski definition) is 0. The van der Waals surface area contributed by atoms with Crippen LogP contribution in [0.2, 0.25) is 0 Å². The van der Waals surface area contributed by atoms with E-state index in [0.29, 0.717) is 30.2 Å². The van der Waals surface area contributed by atoms with Gasteiger partial charge >= 0.3 is 0 Å². The lowest BCUT2D eigenvalue weighted by Gasteiger charge is -2.18. The summed E-state index contributed by atoms with van der Waals surface area (Å²) in [5.74, 6) is 1.17. The van der Waals surface area contributed by atoms with E-state index < -0.39 is 0 Å². The summed E-state index contributed by atoms with van der Waals surface area (Å²) in [6, 6.07) is 15.1. The quantitative estimate of drug-likeness (QED) is 0.821. The van der Waals surface area contributed by atoms with Crippen molar-refractivity contribution in [3.05, 3.63) is 59.7 Å². The van der Waals surface area contributed by atoms with Crippen LogP contribution in [0, 0.1) is 0 Å². The highest BCUT2D eigenvalue weighted by Gasteiger charge is 2.15. The highest BCUT2D eigenvalue weighted by Crippen LogP contribution is 2.28. The third-order valence-electron chi connectivity index (χ3n) is 3.32. The fourth-order valence-electron chi connectivity index (χ4n) is 2.23. The fourth-order valence-corrected chi connectivity index (χ4v) is 2.23. The van der Waals surface area contributed by atoms with Gasteiger partial charge < -0.3 is 14.4 Å². The average Bonchev–Trinajstić information content (AvgIpc) is 2.55. The molecule has 0 bridgehead atoms. The SMILES string of the molecule is CCOc1cc(C(=O)N(C)Cc2ccccc2)ccc1OC. The molecule has 2 rings (SSSR count). The summed E-state index contributed by atoms with van der Waals surface area (Å²) < 4.78 is 10.8. The van der Waals surface area contributed by atoms with Crippen molar-refractivity contribution >= 4 is 5.91 Å². The van der Waals surface area contributed by atoms with Gasteiger partial charge in [-0.2, -0.15) is 0 Å². The van der Waals surface area contributed by atoms with E-state index in [1.165, 1.54) is 0 Å². The highest BCUT2D eigenvalue weighted by molar-refractivity contribution is 5.94. The summed E-state index contributed by atoms with van der Waals surface area (Å²) in [6.07, 6.45) is 0. The molecule has 2 aromatic carbocycles. The first-order valence-corrected chi connectivity index (χ1v) is 7.26. The van der Waals surface area contributed by atoms with Gasteiger partial charge in [-0.15, -0.1) is 0 Å². The standard InChI is InChI=1S/C18H21NO3/c1-4-22-17-12-15(10-11-16(17)21-3)18(20)19(2)13-14-8-6-5-7-9-14/h5-12H,4,13H2,1-3H3. The zero-order valence-corrected chi connectivity index (χ0v) is 13.2. The Morgan fingerprint density at radius 2 is 1.82 bits per heavy atom. The number of carbonyl (C=O) groups is 1. The molecule has 0 saturated carbocycles. The Hall–Kier alpha value is -2.49. The topological polar surface area (TPSA) is 38.8 Å². The summed E-state index contributed by atoms with van der Waals surface area (Å²) in [7, 11) is 3.38. The lowest BCUT2D eigenvalue weighted by atomic mass is 10.1. The molecule has 0 saturated heterocycles. The van der Waals surface area contributed by atoms with E-state index in [1.54, 1.807) is 37.3 Å². The number of amides is 1. The van der Waals surface area contributed by atoms with Crippen LogP contribution in [-0.4, -0.2) is 31.6 Å². The van der Waals surface area contributed by atoms with Crippen LogP contribution in [0.3, 0.4) is 0 Å².